The van der Waals surface area contributed by atoms with Gasteiger partial charge in [-0.1, -0.05) is 24.3 Å². The molecular formula is C46H50N2O14. The molecule has 0 atom stereocenters. The average molecular weight is 855 g/mol. The minimum atomic E-state index is -0.348. The number of nitrogens with zero attached hydrogens (tertiary/aromatic N) is 2. The second kappa shape index (κ2) is 22.8. The van der Waals surface area contributed by atoms with Gasteiger partial charge in [0.05, 0.1) is 115 Å². The summed E-state index contributed by atoms with van der Waals surface area (Å²) in [6.45, 7) is 5.06. The van der Waals surface area contributed by atoms with Crippen LogP contribution in [0.25, 0.3) is 0 Å². The Morgan fingerprint density at radius 1 is 0.323 bits per heavy atom. The number of carbonyl (C=O) groups is 4. The molecule has 4 aromatic rings. The van der Waals surface area contributed by atoms with Gasteiger partial charge in [-0.3, -0.25) is 29.0 Å². The smallest absolute Gasteiger partial charge is 0.261 e. The van der Waals surface area contributed by atoms with Crippen molar-refractivity contribution in [1.29, 1.82) is 0 Å². The molecule has 0 aliphatic carbocycles. The summed E-state index contributed by atoms with van der Waals surface area (Å²) in [5.41, 5.74) is 2.85. The zero-order chi connectivity index (χ0) is 42.9. The van der Waals surface area contributed by atoms with Gasteiger partial charge in [-0.15, -0.1) is 0 Å². The SMILES string of the molecule is O=C1c2ccccc2C(=O)N1Cc1cc2cc(c1)OCCOCCOCCOCCOc1cc(CN3C(=O)c4ccccc4C3=O)cc(c1)OCCOCCOCCOCCO2. The average Bonchev–Trinajstić information content (AvgIpc) is 3.66. The van der Waals surface area contributed by atoms with Gasteiger partial charge in [0.2, 0.25) is 0 Å². The van der Waals surface area contributed by atoms with Crippen LogP contribution in [0.15, 0.2) is 84.9 Å². The van der Waals surface area contributed by atoms with E-state index in [2.05, 4.69) is 0 Å². The van der Waals surface area contributed by atoms with Crippen LogP contribution in [-0.2, 0) is 41.5 Å². The van der Waals surface area contributed by atoms with Crippen LogP contribution in [0.5, 0.6) is 23.0 Å². The lowest BCUT2D eigenvalue weighted by Crippen LogP contribution is -2.29. The lowest BCUT2D eigenvalue weighted by molar-refractivity contribution is 0.00432. The van der Waals surface area contributed by atoms with E-state index in [1.165, 1.54) is 9.80 Å². The van der Waals surface area contributed by atoms with E-state index in [0.717, 1.165) is 0 Å². The monoisotopic (exact) mass is 854 g/mol. The molecule has 3 aliphatic heterocycles. The van der Waals surface area contributed by atoms with Gasteiger partial charge in [-0.05, 0) is 59.7 Å². The van der Waals surface area contributed by atoms with Crippen LogP contribution in [-0.4, -0.2) is 139 Å². The molecule has 16 nitrogen and oxygen atoms in total. The largest absolute Gasteiger partial charge is 0.491 e. The highest BCUT2D eigenvalue weighted by Crippen LogP contribution is 2.30. The number of hydrogen-bond donors (Lipinski definition) is 0. The Kier molecular flexibility index (Phi) is 16.3. The fraction of sp³-hybridized carbons (Fsp3) is 0.391. The van der Waals surface area contributed by atoms with Gasteiger partial charge < -0.3 is 47.4 Å². The van der Waals surface area contributed by atoms with Crippen LogP contribution in [0, 0.1) is 0 Å². The Hall–Kier alpha value is -5.88. The van der Waals surface area contributed by atoms with E-state index in [1.54, 1.807) is 84.9 Å². The molecule has 0 radical (unpaired) electrons. The number of carbonyl (C=O) groups excluding carboxylic acids is 4. The number of imide groups is 2. The molecule has 62 heavy (non-hydrogen) atoms. The summed E-state index contributed by atoms with van der Waals surface area (Å²) in [6.07, 6.45) is 0. The number of hydrogen-bond acceptors (Lipinski definition) is 14. The maximum Gasteiger partial charge on any atom is 0.261 e. The minimum absolute atomic E-state index is 0.0484. The van der Waals surface area contributed by atoms with E-state index < -0.39 is 0 Å². The molecule has 328 valence electrons. The Morgan fingerprint density at radius 3 is 0.790 bits per heavy atom. The first-order valence-electron chi connectivity index (χ1n) is 20.6. The van der Waals surface area contributed by atoms with Crippen LogP contribution in [0.2, 0.25) is 0 Å². The number of ether oxygens (including phenoxy) is 10. The van der Waals surface area contributed by atoms with Crippen molar-refractivity contribution in [1.82, 2.24) is 9.80 Å². The second-order valence-electron chi connectivity index (χ2n) is 14.2. The van der Waals surface area contributed by atoms with Gasteiger partial charge >= 0.3 is 0 Å². The summed E-state index contributed by atoms with van der Waals surface area (Å²) in [6, 6.07) is 24.1. The Labute approximate surface area is 359 Å². The summed E-state index contributed by atoms with van der Waals surface area (Å²) < 4.78 is 58.0. The first kappa shape index (κ1) is 44.2. The van der Waals surface area contributed by atoms with Gasteiger partial charge in [0.15, 0.2) is 0 Å². The maximum atomic E-state index is 13.1. The number of fused-ring (bicyclic) bond motifs is 6. The van der Waals surface area contributed by atoms with Gasteiger partial charge in [0.25, 0.3) is 23.6 Å². The predicted octanol–water partition coefficient (Wildman–Crippen LogP) is 4.61. The summed E-state index contributed by atoms with van der Waals surface area (Å²) in [5.74, 6) is 0.602. The van der Waals surface area contributed by atoms with Crippen molar-refractivity contribution in [3.05, 3.63) is 118 Å². The zero-order valence-electron chi connectivity index (χ0n) is 34.4. The zero-order valence-corrected chi connectivity index (χ0v) is 34.4. The van der Waals surface area contributed by atoms with Crippen LogP contribution >= 0.6 is 0 Å². The molecule has 0 saturated heterocycles. The molecule has 0 fully saturated rings. The molecule has 0 unspecified atom stereocenters. The van der Waals surface area contributed by atoms with Gasteiger partial charge in [0, 0.05) is 12.1 Å². The molecule has 0 aromatic heterocycles. The molecule has 0 saturated carbocycles. The normalized spacial score (nSPS) is 18.3. The highest BCUT2D eigenvalue weighted by Gasteiger charge is 2.36. The van der Waals surface area contributed by atoms with E-state index in [4.69, 9.17) is 47.4 Å². The predicted molar refractivity (Wildman–Crippen MR) is 221 cm³/mol. The Balaban J connectivity index is 0.895. The maximum absolute atomic E-state index is 13.1. The topological polar surface area (TPSA) is 167 Å². The molecule has 4 aromatic carbocycles. The van der Waals surface area contributed by atoms with E-state index in [9.17, 15) is 19.2 Å². The van der Waals surface area contributed by atoms with Crippen LogP contribution in [0.1, 0.15) is 52.6 Å². The molecule has 0 N–H and O–H groups in total. The van der Waals surface area contributed by atoms with Crippen molar-refractivity contribution < 1.29 is 66.5 Å². The lowest BCUT2D eigenvalue weighted by atomic mass is 10.1. The van der Waals surface area contributed by atoms with Gasteiger partial charge in [-0.25, -0.2) is 0 Å². The summed E-state index contributed by atoms with van der Waals surface area (Å²) in [4.78, 5) is 54.7. The minimum Gasteiger partial charge on any atom is -0.491 e. The van der Waals surface area contributed by atoms with Gasteiger partial charge in [0.1, 0.15) is 49.4 Å². The third kappa shape index (κ3) is 12.1. The van der Waals surface area contributed by atoms with E-state index in [0.29, 0.717) is 136 Å². The fourth-order valence-corrected chi connectivity index (χ4v) is 6.87. The molecule has 16 heteroatoms. The molecule has 7 rings (SSSR count). The second-order valence-corrected chi connectivity index (χ2v) is 14.2. The van der Waals surface area contributed by atoms with Crippen molar-refractivity contribution in [2.75, 3.05) is 106 Å². The summed E-state index contributed by atoms with van der Waals surface area (Å²) in [7, 11) is 0. The highest BCUT2D eigenvalue weighted by molar-refractivity contribution is 6.22. The van der Waals surface area contributed by atoms with Crippen molar-refractivity contribution in [2.24, 2.45) is 0 Å². The van der Waals surface area contributed by atoms with Crippen molar-refractivity contribution in [3.63, 3.8) is 0 Å². The van der Waals surface area contributed by atoms with Crippen molar-refractivity contribution in [3.8, 4) is 23.0 Å². The van der Waals surface area contributed by atoms with Crippen molar-refractivity contribution >= 4 is 23.6 Å². The fourth-order valence-electron chi connectivity index (χ4n) is 6.87. The van der Waals surface area contributed by atoms with Crippen LogP contribution in [0.3, 0.4) is 0 Å². The lowest BCUT2D eigenvalue weighted by Gasteiger charge is -2.17. The highest BCUT2D eigenvalue weighted by atomic mass is 16.6. The van der Waals surface area contributed by atoms with Gasteiger partial charge in [-0.2, -0.15) is 0 Å². The molecule has 3 heterocycles. The van der Waals surface area contributed by atoms with Crippen LogP contribution < -0.4 is 18.9 Å². The van der Waals surface area contributed by atoms with E-state index in [1.807, 2.05) is 0 Å². The van der Waals surface area contributed by atoms with Crippen molar-refractivity contribution in [2.45, 2.75) is 13.1 Å². The summed E-state index contributed by atoms with van der Waals surface area (Å²) in [5, 5.41) is 0. The van der Waals surface area contributed by atoms with E-state index >= 15 is 0 Å². The molecule has 4 amide bonds. The van der Waals surface area contributed by atoms with E-state index in [-0.39, 0.29) is 63.1 Å². The molecule has 4 bridgehead atoms. The molecule has 3 aliphatic rings. The van der Waals surface area contributed by atoms with Crippen LogP contribution in [0.4, 0.5) is 0 Å². The third-order valence-corrected chi connectivity index (χ3v) is 9.79. The summed E-state index contributed by atoms with van der Waals surface area (Å²) >= 11 is 0. The number of amides is 4. The number of rotatable bonds is 4. The first-order valence-corrected chi connectivity index (χ1v) is 20.6. The third-order valence-electron chi connectivity index (χ3n) is 9.79. The number of benzene rings is 4. The first-order chi connectivity index (χ1) is 30.4. The quantitative estimate of drug-likeness (QED) is 0.261. The molecular weight excluding hydrogens is 805 g/mol. The Morgan fingerprint density at radius 2 is 0.548 bits per heavy atom. The standard InChI is InChI=1S/C46H50N2O14/c49-43-39-5-1-2-6-40(39)44(50)47(43)31-33-25-35-29-36(26-33)60-22-18-56-14-10-54-12-16-58-20-24-62-38-28-34(32-48-45(51)41-7-3-4-8-42(41)46(48)52)27-37(30-38)61-23-19-57-15-11-53-9-13-55-17-21-59-35/h1-8,25-30H,9-24,31-32H2. The molecule has 0 spiro atoms. The Bertz CT molecular complexity index is 1880.